The molecule has 1 atom stereocenters. The lowest BCUT2D eigenvalue weighted by Crippen LogP contribution is -1.81. The molecule has 0 saturated carbocycles. The normalized spacial score (nSPS) is 19.1. The fraction of sp³-hybridized carbons (Fsp3) is 0.100. The Morgan fingerprint density at radius 2 is 1.95 bits per heavy atom. The van der Waals surface area contributed by atoms with Gasteiger partial charge in [0.2, 0.25) is 0 Å². The standard InChI is InChI=1S/C20H22/c1-5-7-12-20(9-6-2)18(4)14-16-19-11-8-10-17(3)13-15-19/h5-17H,1-2,4H2,3H3/b12-7-,16-14+,20-9+. The van der Waals surface area contributed by atoms with E-state index in [0.29, 0.717) is 5.92 Å². The Morgan fingerprint density at radius 1 is 1.15 bits per heavy atom. The van der Waals surface area contributed by atoms with Gasteiger partial charge in [0.15, 0.2) is 0 Å². The van der Waals surface area contributed by atoms with Gasteiger partial charge in [-0.05, 0) is 22.6 Å². The minimum atomic E-state index is 0.479. The summed E-state index contributed by atoms with van der Waals surface area (Å²) in [5.41, 5.74) is 3.13. The third-order valence-electron chi connectivity index (χ3n) is 2.85. The molecule has 0 aromatic heterocycles. The van der Waals surface area contributed by atoms with Crippen LogP contribution in [0.15, 0.2) is 109 Å². The van der Waals surface area contributed by atoms with Gasteiger partial charge in [0.25, 0.3) is 0 Å². The Hall–Kier alpha value is -2.34. The van der Waals surface area contributed by atoms with Crippen molar-refractivity contribution in [3.8, 4) is 0 Å². The molecule has 0 fully saturated rings. The molecule has 0 aromatic carbocycles. The summed E-state index contributed by atoms with van der Waals surface area (Å²) in [7, 11) is 0. The minimum absolute atomic E-state index is 0.479. The highest BCUT2D eigenvalue weighted by Gasteiger charge is 1.96. The molecule has 0 aliphatic heterocycles. The molecule has 0 nitrogen and oxygen atoms in total. The molecule has 0 aromatic rings. The van der Waals surface area contributed by atoms with Gasteiger partial charge in [-0.3, -0.25) is 0 Å². The van der Waals surface area contributed by atoms with Crippen molar-refractivity contribution in [1.82, 2.24) is 0 Å². The van der Waals surface area contributed by atoms with Gasteiger partial charge in [-0.25, -0.2) is 0 Å². The number of hydrogen-bond acceptors (Lipinski definition) is 0. The highest BCUT2D eigenvalue weighted by atomic mass is 14.0. The van der Waals surface area contributed by atoms with E-state index in [-0.39, 0.29) is 0 Å². The maximum Gasteiger partial charge on any atom is -0.00754 e. The Morgan fingerprint density at radius 3 is 2.65 bits per heavy atom. The van der Waals surface area contributed by atoms with Gasteiger partial charge in [-0.15, -0.1) is 0 Å². The summed E-state index contributed by atoms with van der Waals surface area (Å²) >= 11 is 0. The maximum atomic E-state index is 4.09. The Labute approximate surface area is 122 Å². The summed E-state index contributed by atoms with van der Waals surface area (Å²) in [4.78, 5) is 0. The van der Waals surface area contributed by atoms with E-state index in [0.717, 1.165) is 16.7 Å². The molecule has 1 rings (SSSR count). The van der Waals surface area contributed by atoms with Crippen molar-refractivity contribution in [2.75, 3.05) is 0 Å². The Kier molecular flexibility index (Phi) is 6.84. The smallest absolute Gasteiger partial charge is 0.00754 e. The molecule has 0 amide bonds. The molecule has 0 saturated heterocycles. The first-order chi connectivity index (χ1) is 9.67. The average molecular weight is 262 g/mol. The van der Waals surface area contributed by atoms with Gasteiger partial charge in [-0.1, -0.05) is 99.6 Å². The second-order valence-electron chi connectivity index (χ2n) is 4.58. The van der Waals surface area contributed by atoms with E-state index in [2.05, 4.69) is 63.1 Å². The molecule has 20 heavy (non-hydrogen) atoms. The molecular formula is C20H22. The van der Waals surface area contributed by atoms with Crippen molar-refractivity contribution in [3.05, 3.63) is 109 Å². The van der Waals surface area contributed by atoms with Gasteiger partial charge < -0.3 is 0 Å². The van der Waals surface area contributed by atoms with Crippen LogP contribution in [0.25, 0.3) is 0 Å². The molecule has 0 bridgehead atoms. The number of rotatable bonds is 6. The summed E-state index contributed by atoms with van der Waals surface area (Å²) in [6.07, 6.45) is 24.1. The molecule has 1 aliphatic rings. The Bertz CT molecular complexity index is 543. The third-order valence-corrected chi connectivity index (χ3v) is 2.85. The summed E-state index contributed by atoms with van der Waals surface area (Å²) < 4.78 is 0. The average Bonchev–Trinajstić information content (AvgIpc) is 2.65. The lowest BCUT2D eigenvalue weighted by molar-refractivity contribution is 0.942. The first-order valence-corrected chi connectivity index (χ1v) is 6.73. The predicted molar refractivity (Wildman–Crippen MR) is 91.4 cm³/mol. The van der Waals surface area contributed by atoms with Gasteiger partial charge in [0.05, 0.1) is 0 Å². The maximum absolute atomic E-state index is 4.09. The van der Waals surface area contributed by atoms with Crippen molar-refractivity contribution in [1.29, 1.82) is 0 Å². The van der Waals surface area contributed by atoms with E-state index in [1.165, 1.54) is 0 Å². The van der Waals surface area contributed by atoms with Crippen LogP contribution in [0.1, 0.15) is 6.92 Å². The van der Waals surface area contributed by atoms with Crippen molar-refractivity contribution in [2.45, 2.75) is 6.92 Å². The van der Waals surface area contributed by atoms with E-state index in [9.17, 15) is 0 Å². The molecule has 102 valence electrons. The highest BCUT2D eigenvalue weighted by Crippen LogP contribution is 2.15. The van der Waals surface area contributed by atoms with E-state index in [4.69, 9.17) is 0 Å². The first kappa shape index (κ1) is 15.7. The summed E-state index contributed by atoms with van der Waals surface area (Å²) in [5.74, 6) is 0.479. The van der Waals surface area contributed by atoms with Gasteiger partial charge in [-0.2, -0.15) is 0 Å². The SMILES string of the molecule is C=C/C=C\C(=C/C=C)C(=C)/C=C/C1=CC=CC(C)C=C1. The zero-order chi connectivity index (χ0) is 14.8. The van der Waals surface area contributed by atoms with Crippen LogP contribution in [0.3, 0.4) is 0 Å². The quantitative estimate of drug-likeness (QED) is 0.543. The second-order valence-corrected chi connectivity index (χ2v) is 4.58. The summed E-state index contributed by atoms with van der Waals surface area (Å²) in [5, 5.41) is 0. The topological polar surface area (TPSA) is 0 Å². The number of allylic oxidation sites excluding steroid dienone is 15. The van der Waals surface area contributed by atoms with Gasteiger partial charge >= 0.3 is 0 Å². The number of hydrogen-bond donors (Lipinski definition) is 0. The van der Waals surface area contributed by atoms with Crippen LogP contribution >= 0.6 is 0 Å². The molecule has 1 unspecified atom stereocenters. The monoisotopic (exact) mass is 262 g/mol. The van der Waals surface area contributed by atoms with Crippen LogP contribution < -0.4 is 0 Å². The molecule has 0 heteroatoms. The predicted octanol–water partition coefficient (Wildman–Crippen LogP) is 5.64. The second kappa shape index (κ2) is 8.71. The van der Waals surface area contributed by atoms with Crippen LogP contribution in [0.2, 0.25) is 0 Å². The van der Waals surface area contributed by atoms with Crippen molar-refractivity contribution < 1.29 is 0 Å². The molecule has 1 aliphatic carbocycles. The van der Waals surface area contributed by atoms with Crippen LogP contribution in [0.4, 0.5) is 0 Å². The molecule has 0 spiro atoms. The lowest BCUT2D eigenvalue weighted by Gasteiger charge is -2.01. The minimum Gasteiger partial charge on any atom is -0.0991 e. The fourth-order valence-electron chi connectivity index (χ4n) is 1.70. The van der Waals surface area contributed by atoms with E-state index in [1.54, 1.807) is 12.2 Å². The third kappa shape index (κ3) is 5.53. The molecule has 0 radical (unpaired) electrons. The molecule has 0 N–H and O–H groups in total. The van der Waals surface area contributed by atoms with Crippen LogP contribution in [0.5, 0.6) is 0 Å². The van der Waals surface area contributed by atoms with Crippen LogP contribution in [0, 0.1) is 5.92 Å². The van der Waals surface area contributed by atoms with E-state index in [1.807, 2.05) is 24.3 Å². The van der Waals surface area contributed by atoms with E-state index >= 15 is 0 Å². The zero-order valence-corrected chi connectivity index (χ0v) is 12.1. The highest BCUT2D eigenvalue weighted by molar-refractivity contribution is 5.49. The summed E-state index contributed by atoms with van der Waals surface area (Å²) in [6, 6.07) is 0. The van der Waals surface area contributed by atoms with Crippen LogP contribution in [-0.2, 0) is 0 Å². The summed E-state index contributed by atoms with van der Waals surface area (Å²) in [6.45, 7) is 13.7. The molecule has 0 heterocycles. The fourth-order valence-corrected chi connectivity index (χ4v) is 1.70. The van der Waals surface area contributed by atoms with Crippen molar-refractivity contribution in [3.63, 3.8) is 0 Å². The first-order valence-electron chi connectivity index (χ1n) is 6.73. The van der Waals surface area contributed by atoms with E-state index < -0.39 is 0 Å². The lowest BCUT2D eigenvalue weighted by atomic mass is 10.0. The van der Waals surface area contributed by atoms with Gasteiger partial charge in [0, 0.05) is 0 Å². The van der Waals surface area contributed by atoms with Crippen molar-refractivity contribution in [2.24, 2.45) is 5.92 Å². The molecular weight excluding hydrogens is 240 g/mol. The zero-order valence-electron chi connectivity index (χ0n) is 12.1. The van der Waals surface area contributed by atoms with Crippen LogP contribution in [-0.4, -0.2) is 0 Å². The Balaban J connectivity index is 2.83. The van der Waals surface area contributed by atoms with Gasteiger partial charge in [0.1, 0.15) is 0 Å². The van der Waals surface area contributed by atoms with Crippen molar-refractivity contribution >= 4 is 0 Å². The largest absolute Gasteiger partial charge is 0.0991 e.